The lowest BCUT2D eigenvalue weighted by Gasteiger charge is -2.57. The molecule has 0 aliphatic carbocycles. The summed E-state index contributed by atoms with van der Waals surface area (Å²) in [6.45, 7) is 4.11. The summed E-state index contributed by atoms with van der Waals surface area (Å²) < 4.78 is 33.7. The minimum atomic E-state index is -3.59. The molecule has 0 aromatic heterocycles. The molecule has 2 aliphatic rings. The van der Waals surface area contributed by atoms with Gasteiger partial charge in [0, 0.05) is 43.8 Å². The zero-order valence-corrected chi connectivity index (χ0v) is 20.1. The molecule has 0 radical (unpaired) electrons. The van der Waals surface area contributed by atoms with Gasteiger partial charge in [-0.15, -0.1) is 0 Å². The predicted octanol–water partition coefficient (Wildman–Crippen LogP) is 2.61. The summed E-state index contributed by atoms with van der Waals surface area (Å²) in [5.41, 5.74) is 2.79. The predicted molar refractivity (Wildman–Crippen MR) is 128 cm³/mol. The van der Waals surface area contributed by atoms with E-state index in [0.29, 0.717) is 24.6 Å². The van der Waals surface area contributed by atoms with Crippen LogP contribution in [0.2, 0.25) is 0 Å². The van der Waals surface area contributed by atoms with Crippen LogP contribution in [0.3, 0.4) is 0 Å². The number of benzene rings is 2. The Morgan fingerprint density at radius 3 is 2.52 bits per heavy atom. The van der Waals surface area contributed by atoms with Crippen LogP contribution in [0.15, 0.2) is 53.4 Å². The Morgan fingerprint density at radius 1 is 1.09 bits per heavy atom. The van der Waals surface area contributed by atoms with Gasteiger partial charge < -0.3 is 9.84 Å². The van der Waals surface area contributed by atoms with E-state index < -0.39 is 10.0 Å². The first-order valence-corrected chi connectivity index (χ1v) is 12.9. The highest BCUT2D eigenvalue weighted by Crippen LogP contribution is 2.42. The SMILES string of the molecule is COCC#Cc1ccc([C@@H]2[C@@H](CO)N3CCCCN(S(=O)(=O)c4ccccc4C)C[C@H]23)cc1. The Balaban J connectivity index is 1.60. The molecule has 0 amide bonds. The summed E-state index contributed by atoms with van der Waals surface area (Å²) in [5, 5.41) is 10.1. The molecule has 1 N–H and O–H groups in total. The van der Waals surface area contributed by atoms with Gasteiger partial charge in [-0.05, 0) is 55.6 Å². The summed E-state index contributed by atoms with van der Waals surface area (Å²) in [4.78, 5) is 2.67. The van der Waals surface area contributed by atoms with Crippen LogP contribution in [0, 0.1) is 18.8 Å². The minimum Gasteiger partial charge on any atom is -0.395 e. The largest absolute Gasteiger partial charge is 0.395 e. The summed E-state index contributed by atoms with van der Waals surface area (Å²) in [7, 11) is -1.97. The second kappa shape index (κ2) is 10.4. The van der Waals surface area contributed by atoms with Crippen molar-refractivity contribution in [1.82, 2.24) is 9.21 Å². The van der Waals surface area contributed by atoms with Crippen LogP contribution in [0.4, 0.5) is 0 Å². The van der Waals surface area contributed by atoms with Gasteiger partial charge in [-0.25, -0.2) is 8.42 Å². The first kappa shape index (κ1) is 23.9. The summed E-state index contributed by atoms with van der Waals surface area (Å²) in [5.74, 6) is 6.11. The molecule has 33 heavy (non-hydrogen) atoms. The number of sulfonamides is 1. The van der Waals surface area contributed by atoms with Crippen molar-refractivity contribution in [3.05, 3.63) is 65.2 Å². The maximum absolute atomic E-state index is 13.5. The maximum Gasteiger partial charge on any atom is 0.243 e. The number of hydrogen-bond donors (Lipinski definition) is 1. The Hall–Kier alpha value is -2.21. The fraction of sp³-hybridized carbons (Fsp3) is 0.462. The Morgan fingerprint density at radius 2 is 1.82 bits per heavy atom. The molecule has 2 saturated heterocycles. The van der Waals surface area contributed by atoms with Gasteiger partial charge in [-0.2, -0.15) is 4.31 Å². The summed E-state index contributed by atoms with van der Waals surface area (Å²) in [6.07, 6.45) is 1.72. The number of aryl methyl sites for hydroxylation is 1. The van der Waals surface area contributed by atoms with Gasteiger partial charge in [0.1, 0.15) is 6.61 Å². The third-order valence-corrected chi connectivity index (χ3v) is 8.81. The molecule has 4 rings (SSSR count). The number of aliphatic hydroxyl groups excluding tert-OH is 1. The molecular formula is C26H32N2O4S. The second-order valence-electron chi connectivity index (χ2n) is 8.77. The second-order valence-corrected chi connectivity index (χ2v) is 10.7. The van der Waals surface area contributed by atoms with E-state index in [2.05, 4.69) is 28.9 Å². The van der Waals surface area contributed by atoms with E-state index in [9.17, 15) is 13.5 Å². The van der Waals surface area contributed by atoms with Crippen LogP contribution in [-0.2, 0) is 14.8 Å². The molecular weight excluding hydrogens is 436 g/mol. The van der Waals surface area contributed by atoms with Crippen molar-refractivity contribution in [3.63, 3.8) is 0 Å². The number of rotatable bonds is 5. The van der Waals surface area contributed by atoms with Crippen LogP contribution in [0.5, 0.6) is 0 Å². The van der Waals surface area contributed by atoms with E-state index >= 15 is 0 Å². The van der Waals surface area contributed by atoms with Gasteiger partial charge in [0.05, 0.1) is 11.5 Å². The highest BCUT2D eigenvalue weighted by molar-refractivity contribution is 7.89. The van der Waals surface area contributed by atoms with Crippen LogP contribution in [0.1, 0.15) is 35.4 Å². The normalized spacial score (nSPS) is 24.0. The number of methoxy groups -OCH3 is 1. The molecule has 7 heteroatoms. The fourth-order valence-electron chi connectivity index (χ4n) is 5.11. The molecule has 2 fully saturated rings. The minimum absolute atomic E-state index is 0.00143. The maximum atomic E-state index is 13.5. The summed E-state index contributed by atoms with van der Waals surface area (Å²) >= 11 is 0. The van der Waals surface area contributed by atoms with Crippen molar-refractivity contribution in [2.75, 3.05) is 40.0 Å². The molecule has 0 unspecified atom stereocenters. The van der Waals surface area contributed by atoms with E-state index in [1.807, 2.05) is 31.2 Å². The van der Waals surface area contributed by atoms with Gasteiger partial charge in [0.25, 0.3) is 0 Å². The lowest BCUT2D eigenvalue weighted by Crippen LogP contribution is -2.67. The standard InChI is InChI=1S/C26H32N2O4S/c1-20-8-3-4-10-25(20)33(30,31)27-15-5-6-16-28-23(18-27)26(24(28)19-29)22-13-11-21(12-14-22)9-7-17-32-2/h3-4,8,10-14,23-24,26,29H,5-6,15-19H2,1-2H3/t23-,24-,26+/m1/s1. The Labute approximate surface area is 197 Å². The number of ether oxygens (including phenoxy) is 1. The van der Waals surface area contributed by atoms with Crippen molar-refractivity contribution in [2.24, 2.45) is 0 Å². The van der Waals surface area contributed by atoms with Crippen molar-refractivity contribution in [2.45, 2.75) is 42.7 Å². The van der Waals surface area contributed by atoms with Crippen LogP contribution >= 0.6 is 0 Å². The molecule has 0 bridgehead atoms. The van der Waals surface area contributed by atoms with E-state index in [1.165, 1.54) is 0 Å². The van der Waals surface area contributed by atoms with Gasteiger partial charge in [0.15, 0.2) is 0 Å². The van der Waals surface area contributed by atoms with Crippen LogP contribution in [-0.4, -0.2) is 74.8 Å². The van der Waals surface area contributed by atoms with Crippen molar-refractivity contribution in [3.8, 4) is 11.8 Å². The molecule has 2 heterocycles. The van der Waals surface area contributed by atoms with E-state index in [0.717, 1.165) is 36.1 Å². The van der Waals surface area contributed by atoms with E-state index in [4.69, 9.17) is 4.74 Å². The molecule has 3 atom stereocenters. The molecule has 2 aliphatic heterocycles. The number of hydrogen-bond acceptors (Lipinski definition) is 5. The zero-order chi connectivity index (χ0) is 23.4. The number of fused-ring (bicyclic) bond motifs is 1. The van der Waals surface area contributed by atoms with E-state index in [-0.39, 0.29) is 24.6 Å². The van der Waals surface area contributed by atoms with Gasteiger partial charge >= 0.3 is 0 Å². The lowest BCUT2D eigenvalue weighted by atomic mass is 9.74. The van der Waals surface area contributed by atoms with E-state index in [1.54, 1.807) is 23.5 Å². The number of aliphatic hydroxyl groups is 1. The molecule has 176 valence electrons. The molecule has 6 nitrogen and oxygen atoms in total. The average molecular weight is 469 g/mol. The third-order valence-electron chi connectivity index (χ3n) is 6.79. The highest BCUT2D eigenvalue weighted by Gasteiger charge is 2.50. The lowest BCUT2D eigenvalue weighted by molar-refractivity contribution is -0.0553. The highest BCUT2D eigenvalue weighted by atomic mass is 32.2. The monoisotopic (exact) mass is 468 g/mol. The topological polar surface area (TPSA) is 70.1 Å². The molecule has 0 spiro atoms. The Bertz CT molecular complexity index is 1120. The zero-order valence-electron chi connectivity index (χ0n) is 19.3. The molecule has 0 saturated carbocycles. The first-order valence-electron chi connectivity index (χ1n) is 11.5. The van der Waals surface area contributed by atoms with Crippen LogP contribution < -0.4 is 0 Å². The summed E-state index contributed by atoms with van der Waals surface area (Å²) in [6, 6.07) is 15.3. The Kier molecular flexibility index (Phi) is 7.52. The van der Waals surface area contributed by atoms with Gasteiger partial charge in [-0.3, -0.25) is 4.90 Å². The molecule has 2 aromatic carbocycles. The smallest absolute Gasteiger partial charge is 0.243 e. The van der Waals surface area contributed by atoms with Gasteiger partial charge in [0.2, 0.25) is 10.0 Å². The molecule has 2 aromatic rings. The van der Waals surface area contributed by atoms with Crippen LogP contribution in [0.25, 0.3) is 0 Å². The first-order chi connectivity index (χ1) is 16.0. The van der Waals surface area contributed by atoms with Crippen molar-refractivity contribution < 1.29 is 18.3 Å². The van der Waals surface area contributed by atoms with Crippen molar-refractivity contribution >= 4 is 10.0 Å². The van der Waals surface area contributed by atoms with Gasteiger partial charge in [-0.1, -0.05) is 42.2 Å². The number of nitrogens with zero attached hydrogens (tertiary/aromatic N) is 2. The van der Waals surface area contributed by atoms with Crippen molar-refractivity contribution in [1.29, 1.82) is 0 Å². The average Bonchev–Trinajstić information content (AvgIpc) is 2.79. The third kappa shape index (κ3) is 4.86. The fourth-order valence-corrected chi connectivity index (χ4v) is 6.83. The quantitative estimate of drug-likeness (QED) is 0.683.